The third-order valence-electron chi connectivity index (χ3n) is 27.4. The van der Waals surface area contributed by atoms with Gasteiger partial charge >= 0.3 is 33.2 Å². The predicted octanol–water partition coefficient (Wildman–Crippen LogP) is 28.1. The van der Waals surface area contributed by atoms with Gasteiger partial charge in [-0.1, -0.05) is 218 Å². The first-order valence-electron chi connectivity index (χ1n) is 46.1. The van der Waals surface area contributed by atoms with Crippen molar-refractivity contribution < 1.29 is 122 Å². The Morgan fingerprint density at radius 1 is 0.455 bits per heavy atom. The minimum Gasteiger partial charge on any atom is -0.477 e. The second kappa shape index (κ2) is 47.0. The molecule has 5 aromatic carbocycles. The average molecular weight is 2530 g/mol. The molecule has 0 spiro atoms. The Labute approximate surface area is 841 Å². The van der Waals surface area contributed by atoms with Gasteiger partial charge < -0.3 is 28.9 Å². The zero-order valence-electron chi connectivity index (χ0n) is 78.2. The van der Waals surface area contributed by atoms with Crippen molar-refractivity contribution in [1.82, 2.24) is 53.8 Å². The van der Waals surface area contributed by atoms with Crippen molar-refractivity contribution in [1.29, 1.82) is 0 Å². The standard InChI is InChI=1S/C34H34F5N5.C26H31N2.C25H29N2.C19H20F2N.C6H5NO2.3Ir.Pt/c1-31(16-3-4-17-31)21-33(22-32(2)18-5-6-19-32,25-10-7-9-24(40-25)23-13-14-28(35)42-30(23)36)26-11-8-12-29(41-26)44-20-15-27(43-44)34(37,38)39;1-19-15-20(2)24(21(3)16-19)28-14-13-27-25(28)23-10-8-9-22(17-23)18-26(4)11-6-5-7-12-26;1-18-14-19(2)23(20(3)15-18)27-17-22(16-25(4)12-8-9-13-25)26-24(27)21-10-6-5-7-11-21;1-19(8-3-2-4-9-19)13-14-7-10-22-18(11-14)16-6-5-15(20)12-17(16)21;8-6(9)5-3-1-2-4-7-5;;;;/h7-12,14-15H,3-6,16-19,21-22H2,1-2H3;8-9,13-17H,5-7,11-12,18H2,1-4H3;5-7,10,14-15,17H,8-9,12-13,16H2,1-4H3;5,7,10-12H,2-4,8-9,13H2,1H3;1-4H,(H,8,9);;;;/q-2;3*-1;;;;;+2. The van der Waals surface area contributed by atoms with Gasteiger partial charge in [-0.05, 0) is 229 Å². The molecule has 5 saturated carbocycles. The van der Waals surface area contributed by atoms with E-state index in [1.807, 2.05) is 42.6 Å². The fourth-order valence-electron chi connectivity index (χ4n) is 21.4. The van der Waals surface area contributed by atoms with Gasteiger partial charge in [-0.2, -0.15) is 13.2 Å². The Bertz CT molecular complexity index is 5980. The summed E-state index contributed by atoms with van der Waals surface area (Å²) in [6.07, 6.45) is 39.0. The summed E-state index contributed by atoms with van der Waals surface area (Å²) < 4.78 is 101. The van der Waals surface area contributed by atoms with Crippen molar-refractivity contribution in [2.45, 2.75) is 261 Å². The number of aromatic nitrogens is 11. The van der Waals surface area contributed by atoms with E-state index < -0.39 is 46.8 Å². The van der Waals surface area contributed by atoms with Gasteiger partial charge in [-0.15, -0.1) is 95.6 Å². The monoisotopic (exact) mass is 2530 g/mol. The van der Waals surface area contributed by atoms with Crippen molar-refractivity contribution in [3.63, 3.8) is 0 Å². The molecule has 0 bridgehead atoms. The first kappa shape index (κ1) is 107. The molecular weight excluding hydrogens is 2410 g/mol. The number of aromatic carboxylic acids is 1. The molecule has 134 heavy (non-hydrogen) atoms. The molecule has 13 nitrogen and oxygen atoms in total. The number of carbonyl (C=O) groups is 1. The van der Waals surface area contributed by atoms with Crippen LogP contribution < -0.4 is 0 Å². The number of carboxylic acid groups (broad SMARTS) is 1. The summed E-state index contributed by atoms with van der Waals surface area (Å²) in [5, 5.41) is 12.0. The van der Waals surface area contributed by atoms with Crippen LogP contribution in [0.25, 0.3) is 62.5 Å². The van der Waals surface area contributed by atoms with E-state index in [0.717, 1.165) is 128 Å². The Morgan fingerprint density at radius 3 is 1.51 bits per heavy atom. The number of hydrogen-bond donors (Lipinski definition) is 1. The number of carboxylic acids is 1. The average Bonchev–Trinajstić information content (AvgIpc) is 1.28. The summed E-state index contributed by atoms with van der Waals surface area (Å²) in [6, 6.07) is 59.1. The molecule has 3 radical (unpaired) electrons. The third-order valence-corrected chi connectivity index (χ3v) is 27.4. The minimum atomic E-state index is -4.61. The number of aryl methyl sites for hydroxylation is 6. The van der Waals surface area contributed by atoms with Crippen LogP contribution in [0.4, 0.5) is 30.7 Å². The molecule has 8 aromatic heterocycles. The number of alkyl halides is 3. The number of benzene rings is 5. The number of nitrogens with zero attached hydrogens (tertiary/aromatic N) is 11. The van der Waals surface area contributed by atoms with Crippen LogP contribution in [0.5, 0.6) is 0 Å². The molecule has 24 heteroatoms. The maximum atomic E-state index is 14.9. The Morgan fingerprint density at radius 2 is 0.985 bits per heavy atom. The van der Waals surface area contributed by atoms with Gasteiger partial charge in [0.05, 0.1) is 28.6 Å². The van der Waals surface area contributed by atoms with Crippen LogP contribution in [0.2, 0.25) is 0 Å². The molecule has 5 fully saturated rings. The first-order valence-corrected chi connectivity index (χ1v) is 46.1. The van der Waals surface area contributed by atoms with E-state index in [-0.39, 0.29) is 121 Å². The number of hydrogen-bond acceptors (Lipinski definition) is 9. The largest absolute Gasteiger partial charge is 2.00 e. The number of rotatable bonds is 20. The number of halogens is 7. The normalized spacial score (nSPS) is 16.0. The molecule has 0 amide bonds. The van der Waals surface area contributed by atoms with Gasteiger partial charge in [0.25, 0.3) is 0 Å². The van der Waals surface area contributed by atoms with E-state index in [1.54, 1.807) is 42.6 Å². The maximum Gasteiger partial charge on any atom is 2.00 e. The van der Waals surface area contributed by atoms with Crippen molar-refractivity contribution in [3.8, 4) is 62.5 Å². The zero-order chi connectivity index (χ0) is 92.2. The van der Waals surface area contributed by atoms with E-state index in [1.165, 1.54) is 158 Å². The molecule has 1 N–H and O–H groups in total. The third kappa shape index (κ3) is 27.1. The second-order valence-electron chi connectivity index (χ2n) is 39.0. The summed E-state index contributed by atoms with van der Waals surface area (Å²) in [7, 11) is 0. The maximum absolute atomic E-state index is 14.9. The smallest absolute Gasteiger partial charge is 0.477 e. The SMILES string of the molecule is CC1(CC(CC2(C)CCCC2)(c2cccc(-c3[c-]cc(F)nc3F)n2)c2cccc(-n3[c-]cc(C(F)(F)F)n3)n2)CCCC1.CC1(Cc2ccnc(-c3[c-]cc(F)cc3F)c2)CCCCC1.Cc1cc(C)c(-n2cc(CC3(C)CCCC3)nc2-c2[c-]cccc2)c(C)c1.Cc1cc(C)c(-n2ccnc2-c2[c-]ccc(CC3(C)CCCCC3)c2)c(C)c1.O=C(O)c1ccccn1.[Ir].[Ir].[Ir].[Pt+2]. The molecule has 13 aromatic rings. The number of imidazole rings is 2. The van der Waals surface area contributed by atoms with Crippen molar-refractivity contribution in [2.24, 2.45) is 27.1 Å². The minimum absolute atomic E-state index is 0. The van der Waals surface area contributed by atoms with Crippen LogP contribution in [-0.4, -0.2) is 64.9 Å². The zero-order valence-corrected chi connectivity index (χ0v) is 87.7. The van der Waals surface area contributed by atoms with E-state index in [0.29, 0.717) is 46.2 Å². The van der Waals surface area contributed by atoms with Gasteiger partial charge in [-0.3, -0.25) is 33.8 Å². The first-order chi connectivity index (χ1) is 62.1. The van der Waals surface area contributed by atoms with Crippen LogP contribution in [0.3, 0.4) is 0 Å². The molecule has 0 aliphatic heterocycles. The van der Waals surface area contributed by atoms with Crippen molar-refractivity contribution in [3.05, 3.63) is 316 Å². The van der Waals surface area contributed by atoms with E-state index in [4.69, 9.17) is 25.0 Å². The summed E-state index contributed by atoms with van der Waals surface area (Å²) in [6.45, 7) is 24.9. The Balaban J connectivity index is 0.000000182. The number of pyridine rings is 5. The van der Waals surface area contributed by atoms with Gasteiger partial charge in [0, 0.05) is 131 Å². The Kier molecular flexibility index (Phi) is 37.5. The molecule has 0 unspecified atom stereocenters. The van der Waals surface area contributed by atoms with Crippen LogP contribution in [0.15, 0.2) is 189 Å². The fraction of sp³-hybridized carbons (Fsp3) is 0.409. The van der Waals surface area contributed by atoms with Crippen LogP contribution in [0, 0.1) is 123 Å². The van der Waals surface area contributed by atoms with Gasteiger partial charge in [0.2, 0.25) is 0 Å². The Hall–Kier alpha value is -8.90. The molecule has 0 saturated heterocycles. The van der Waals surface area contributed by atoms with Crippen molar-refractivity contribution >= 4 is 5.97 Å². The molecule has 715 valence electrons. The van der Waals surface area contributed by atoms with Crippen molar-refractivity contribution in [2.75, 3.05) is 0 Å². The molecule has 8 heterocycles. The molecule has 5 aliphatic carbocycles. The van der Waals surface area contributed by atoms with E-state index in [9.17, 15) is 35.5 Å². The molecule has 18 rings (SSSR count). The summed E-state index contributed by atoms with van der Waals surface area (Å²) >= 11 is 0. The van der Waals surface area contributed by atoms with E-state index in [2.05, 4.69) is 203 Å². The summed E-state index contributed by atoms with van der Waals surface area (Å²) in [5.41, 5.74) is 17.8. The van der Waals surface area contributed by atoms with Crippen LogP contribution in [-0.2, 0) is 112 Å². The quantitative estimate of drug-likeness (QED) is 0.0443. The van der Waals surface area contributed by atoms with Gasteiger partial charge in [0.15, 0.2) is 0 Å². The molecular formula is C110H119F7Ir3N11O2Pt-3. The summed E-state index contributed by atoms with van der Waals surface area (Å²) in [4.78, 5) is 41.1. The molecule has 0 atom stereocenters. The fourth-order valence-corrected chi connectivity index (χ4v) is 21.4. The van der Waals surface area contributed by atoms with Gasteiger partial charge in [-0.25, -0.2) is 18.6 Å². The van der Waals surface area contributed by atoms with Crippen LogP contribution in [0.1, 0.15) is 266 Å². The van der Waals surface area contributed by atoms with E-state index >= 15 is 0 Å². The predicted molar refractivity (Wildman–Crippen MR) is 498 cm³/mol. The second-order valence-corrected chi connectivity index (χ2v) is 39.0. The summed E-state index contributed by atoms with van der Waals surface area (Å²) in [5.74, 6) is -2.00. The van der Waals surface area contributed by atoms with Gasteiger partial charge in [0.1, 0.15) is 17.6 Å². The molecule has 5 aliphatic rings. The van der Waals surface area contributed by atoms with Crippen LogP contribution >= 0.6 is 0 Å². The topological polar surface area (TPSA) is 155 Å².